The van der Waals surface area contributed by atoms with E-state index in [-0.39, 0.29) is 51.2 Å². The second-order valence-corrected chi connectivity index (χ2v) is 16.0. The van der Waals surface area contributed by atoms with Crippen LogP contribution in [0.4, 0.5) is 0 Å². The number of rotatable bonds is 0. The Morgan fingerprint density at radius 1 is 0.743 bits per heavy atom. The van der Waals surface area contributed by atoms with Crippen LogP contribution in [-0.4, -0.2) is 12.2 Å². The van der Waals surface area contributed by atoms with E-state index in [4.69, 9.17) is 9.05 Å². The van der Waals surface area contributed by atoms with Gasteiger partial charge in [-0.25, -0.2) is 0 Å². The molecule has 35 heavy (non-hydrogen) atoms. The molecule has 0 spiro atoms. The smallest absolute Gasteiger partial charge is 0.756 e. The standard InChI is InChI=1S/C29H47O4P.Na/c1-24(2,3)20-15-13-17-28(26(7,8)9)19-29(27(10,11)12)18-14-16-21(25(4,5)6)23(29)33-34(30,31)32-22(20)28;/h13-18,22-23H,19H2,1-12H3,(H,30,31);/q;+1/p-1. The fourth-order valence-electron chi connectivity index (χ4n) is 6.03. The van der Waals surface area contributed by atoms with Gasteiger partial charge >= 0.3 is 29.6 Å². The molecule has 2 aliphatic carbocycles. The predicted octanol–water partition coefficient (Wildman–Crippen LogP) is 4.78. The summed E-state index contributed by atoms with van der Waals surface area (Å²) in [5, 5.41) is 0. The van der Waals surface area contributed by atoms with Crippen molar-refractivity contribution in [1.82, 2.24) is 0 Å². The number of fused-ring (bicyclic) bond motifs is 2. The molecule has 0 saturated carbocycles. The Labute approximate surface area is 236 Å². The molecule has 0 bridgehead atoms. The maximum atomic E-state index is 13.7. The zero-order chi connectivity index (χ0) is 26.2. The van der Waals surface area contributed by atoms with Crippen LogP contribution < -0.4 is 34.5 Å². The monoisotopic (exact) mass is 512 g/mol. The van der Waals surface area contributed by atoms with E-state index in [1.165, 1.54) is 0 Å². The number of hydrogen-bond donors (Lipinski definition) is 0. The minimum atomic E-state index is -4.67. The van der Waals surface area contributed by atoms with Gasteiger partial charge in [0.15, 0.2) is 0 Å². The van der Waals surface area contributed by atoms with Crippen LogP contribution >= 0.6 is 7.82 Å². The Kier molecular flexibility index (Phi) is 8.37. The molecule has 3 aliphatic rings. The molecule has 4 atom stereocenters. The molecular weight excluding hydrogens is 466 g/mol. The van der Waals surface area contributed by atoms with Gasteiger partial charge in [-0.15, -0.1) is 0 Å². The average molecular weight is 513 g/mol. The van der Waals surface area contributed by atoms with E-state index in [2.05, 4.69) is 107 Å². The van der Waals surface area contributed by atoms with E-state index >= 15 is 0 Å². The third kappa shape index (κ3) is 5.47. The van der Waals surface area contributed by atoms with Crippen molar-refractivity contribution in [2.24, 2.45) is 32.5 Å². The van der Waals surface area contributed by atoms with Gasteiger partial charge in [-0.2, -0.15) is 0 Å². The summed E-state index contributed by atoms with van der Waals surface area (Å²) in [5.74, 6) is 0. The van der Waals surface area contributed by atoms with Gasteiger partial charge in [0.05, 0.1) is 12.2 Å². The molecule has 0 amide bonds. The molecule has 0 aromatic rings. The quantitative estimate of drug-likeness (QED) is 0.346. The summed E-state index contributed by atoms with van der Waals surface area (Å²) in [6.07, 6.45) is 12.2. The second-order valence-electron chi connectivity index (χ2n) is 14.6. The van der Waals surface area contributed by atoms with Crippen LogP contribution in [0, 0.1) is 32.5 Å². The Morgan fingerprint density at radius 3 is 1.31 bits per heavy atom. The van der Waals surface area contributed by atoms with E-state index in [1.54, 1.807) is 0 Å². The van der Waals surface area contributed by atoms with Gasteiger partial charge in [0.2, 0.25) is 0 Å². The Hall–Kier alpha value is 0.0700. The maximum absolute atomic E-state index is 13.7. The fraction of sp³-hybridized carbons (Fsp3) is 0.724. The van der Waals surface area contributed by atoms with Gasteiger partial charge < -0.3 is 13.9 Å². The van der Waals surface area contributed by atoms with Crippen LogP contribution in [-0.2, 0) is 13.6 Å². The van der Waals surface area contributed by atoms with Gasteiger partial charge in [-0.05, 0) is 39.2 Å². The summed E-state index contributed by atoms with van der Waals surface area (Å²) in [6, 6.07) is 0. The molecular formula is C29H46NaO4P. The molecule has 4 nitrogen and oxygen atoms in total. The first-order valence-electron chi connectivity index (χ1n) is 12.6. The van der Waals surface area contributed by atoms with E-state index < -0.39 is 30.9 Å². The molecule has 3 rings (SSSR count). The molecule has 1 aliphatic heterocycles. The first-order valence-corrected chi connectivity index (χ1v) is 14.0. The fourth-order valence-corrected chi connectivity index (χ4v) is 7.20. The first kappa shape index (κ1) is 31.3. The van der Waals surface area contributed by atoms with Crippen molar-refractivity contribution in [3.63, 3.8) is 0 Å². The van der Waals surface area contributed by atoms with Crippen LogP contribution in [0.2, 0.25) is 0 Å². The van der Waals surface area contributed by atoms with Crippen LogP contribution in [0.25, 0.3) is 0 Å². The molecule has 0 radical (unpaired) electrons. The van der Waals surface area contributed by atoms with E-state index in [0.29, 0.717) is 6.42 Å². The first-order chi connectivity index (χ1) is 15.1. The number of phosphoric ester groups is 1. The van der Waals surface area contributed by atoms with Crippen molar-refractivity contribution in [3.8, 4) is 0 Å². The summed E-state index contributed by atoms with van der Waals surface area (Å²) in [6.45, 7) is 25.9. The molecule has 1 heterocycles. The van der Waals surface area contributed by atoms with Crippen LogP contribution in [0.1, 0.15) is 89.5 Å². The van der Waals surface area contributed by atoms with Crippen LogP contribution in [0.5, 0.6) is 0 Å². The molecule has 0 N–H and O–H groups in total. The number of phosphoric acid groups is 1. The van der Waals surface area contributed by atoms with Gasteiger partial charge in [-0.3, -0.25) is 4.57 Å². The van der Waals surface area contributed by atoms with Gasteiger partial charge in [0.1, 0.15) is 0 Å². The van der Waals surface area contributed by atoms with Crippen molar-refractivity contribution in [1.29, 1.82) is 0 Å². The molecule has 6 heteroatoms. The van der Waals surface area contributed by atoms with Crippen molar-refractivity contribution in [2.75, 3.05) is 0 Å². The normalized spacial score (nSPS) is 36.1. The summed E-state index contributed by atoms with van der Waals surface area (Å²) in [4.78, 5) is 13.7. The van der Waals surface area contributed by atoms with Crippen molar-refractivity contribution in [3.05, 3.63) is 47.6 Å². The topological polar surface area (TPSA) is 58.6 Å². The molecule has 4 unspecified atom stereocenters. The Balaban J connectivity index is 0.00000432. The third-order valence-corrected chi connectivity index (χ3v) is 9.36. The third-order valence-electron chi connectivity index (χ3n) is 8.42. The molecule has 192 valence electrons. The molecule has 1 saturated heterocycles. The number of allylic oxidation sites excluding steroid dienone is 4. The van der Waals surface area contributed by atoms with Crippen molar-refractivity contribution < 1.29 is 48.1 Å². The summed E-state index contributed by atoms with van der Waals surface area (Å²) < 4.78 is 25.9. The maximum Gasteiger partial charge on any atom is 1.00 e. The summed E-state index contributed by atoms with van der Waals surface area (Å²) in [7, 11) is -4.67. The second kappa shape index (κ2) is 9.37. The summed E-state index contributed by atoms with van der Waals surface area (Å²) in [5.41, 5.74) is -0.255. The van der Waals surface area contributed by atoms with Gasteiger partial charge in [-0.1, -0.05) is 120 Å². The predicted molar refractivity (Wildman–Crippen MR) is 139 cm³/mol. The van der Waals surface area contributed by atoms with Gasteiger partial charge in [0.25, 0.3) is 7.82 Å². The van der Waals surface area contributed by atoms with E-state index in [9.17, 15) is 9.46 Å². The zero-order valence-electron chi connectivity index (χ0n) is 24.4. The minimum Gasteiger partial charge on any atom is -0.756 e. The largest absolute Gasteiger partial charge is 1.00 e. The molecule has 0 aromatic carbocycles. The molecule has 1 fully saturated rings. The van der Waals surface area contributed by atoms with E-state index in [1.807, 2.05) is 12.2 Å². The van der Waals surface area contributed by atoms with Crippen LogP contribution in [0.3, 0.4) is 0 Å². The SMILES string of the molecule is CC(C)(C)C1=CC=CC2(C(C)(C)C)CC3(C(C)(C)C)C=CC=C(C(C)(C)C)C3OP(=O)([O-])OC12.[Na+]. The minimum absolute atomic E-state index is 0. The Bertz CT molecular complexity index is 918. The summed E-state index contributed by atoms with van der Waals surface area (Å²) >= 11 is 0. The van der Waals surface area contributed by atoms with E-state index in [0.717, 1.165) is 11.1 Å². The van der Waals surface area contributed by atoms with Crippen LogP contribution in [0.15, 0.2) is 47.6 Å². The molecule has 0 aromatic heterocycles. The van der Waals surface area contributed by atoms with Crippen molar-refractivity contribution >= 4 is 7.82 Å². The average Bonchev–Trinajstić information content (AvgIpc) is 2.58. The van der Waals surface area contributed by atoms with Gasteiger partial charge in [0, 0.05) is 10.8 Å². The zero-order valence-corrected chi connectivity index (χ0v) is 27.3. The number of hydrogen-bond acceptors (Lipinski definition) is 4. The van der Waals surface area contributed by atoms with Crippen molar-refractivity contribution in [2.45, 2.75) is 102 Å². The Morgan fingerprint density at radius 2 is 1.06 bits per heavy atom.